The molecule has 0 aliphatic rings. The number of aryl methyl sites for hydroxylation is 1. The summed E-state index contributed by atoms with van der Waals surface area (Å²) in [4.78, 5) is 12.3. The highest BCUT2D eigenvalue weighted by atomic mass is 16.5. The number of anilines is 1. The minimum Gasteiger partial charge on any atom is -0.479 e. The summed E-state index contributed by atoms with van der Waals surface area (Å²) in [6.45, 7) is 8.02. The van der Waals surface area contributed by atoms with Crippen molar-refractivity contribution in [3.05, 3.63) is 41.6 Å². The molecule has 24 heavy (non-hydrogen) atoms. The maximum absolute atomic E-state index is 12.3. The van der Waals surface area contributed by atoms with Gasteiger partial charge in [-0.2, -0.15) is 10.4 Å². The minimum atomic E-state index is -0.212. The van der Waals surface area contributed by atoms with Crippen molar-refractivity contribution in [1.82, 2.24) is 9.78 Å². The molecule has 2 rings (SSSR count). The molecule has 2 aromatic rings. The van der Waals surface area contributed by atoms with Gasteiger partial charge in [-0.15, -0.1) is 0 Å². The Morgan fingerprint density at radius 3 is 2.58 bits per heavy atom. The van der Waals surface area contributed by atoms with Gasteiger partial charge in [0.1, 0.15) is 17.6 Å². The molecule has 1 aromatic heterocycles. The Morgan fingerprint density at radius 1 is 1.33 bits per heavy atom. The molecule has 0 atom stereocenters. The molecule has 0 aliphatic carbocycles. The van der Waals surface area contributed by atoms with Crippen molar-refractivity contribution in [2.45, 2.75) is 39.7 Å². The molecule has 0 saturated carbocycles. The summed E-state index contributed by atoms with van der Waals surface area (Å²) in [5, 5.41) is 15.9. The van der Waals surface area contributed by atoms with E-state index in [4.69, 9.17) is 10.00 Å². The first-order valence-electron chi connectivity index (χ1n) is 7.75. The van der Waals surface area contributed by atoms with Crippen LogP contribution in [0.5, 0.6) is 5.75 Å². The molecule has 1 heterocycles. The summed E-state index contributed by atoms with van der Waals surface area (Å²) in [6, 6.07) is 10.9. The van der Waals surface area contributed by atoms with Crippen LogP contribution in [0, 0.1) is 18.3 Å². The van der Waals surface area contributed by atoms with Crippen molar-refractivity contribution in [2.75, 3.05) is 11.9 Å². The quantitative estimate of drug-likeness (QED) is 0.916. The normalized spacial score (nSPS) is 11.0. The Hall–Kier alpha value is -2.81. The number of nitrogens with one attached hydrogen (secondary N) is 1. The molecule has 0 bridgehead atoms. The summed E-state index contributed by atoms with van der Waals surface area (Å²) in [7, 11) is 0. The molecule has 0 aliphatic heterocycles. The summed E-state index contributed by atoms with van der Waals surface area (Å²) in [6.07, 6.45) is 0.257. The van der Waals surface area contributed by atoms with Gasteiger partial charge in [-0.05, 0) is 45.4 Å². The number of carbonyl (C=O) groups is 1. The van der Waals surface area contributed by atoms with Crippen molar-refractivity contribution in [3.63, 3.8) is 0 Å². The fraction of sp³-hybridized carbons (Fsp3) is 0.389. The second-order valence-corrected chi connectivity index (χ2v) is 6.57. The van der Waals surface area contributed by atoms with E-state index in [-0.39, 0.29) is 24.5 Å². The molecule has 0 fully saturated rings. The van der Waals surface area contributed by atoms with Crippen molar-refractivity contribution < 1.29 is 9.53 Å². The largest absolute Gasteiger partial charge is 0.479 e. The smallest absolute Gasteiger partial charge is 0.229 e. The van der Waals surface area contributed by atoms with Gasteiger partial charge < -0.3 is 10.1 Å². The van der Waals surface area contributed by atoms with Crippen LogP contribution in [-0.2, 0) is 16.8 Å². The number of ether oxygens (including phenoxy) is 1. The first-order valence-corrected chi connectivity index (χ1v) is 7.75. The van der Waals surface area contributed by atoms with Crippen LogP contribution < -0.4 is 10.1 Å². The van der Waals surface area contributed by atoms with Crippen LogP contribution in [0.1, 0.15) is 32.0 Å². The van der Waals surface area contributed by atoms with E-state index in [1.54, 1.807) is 12.1 Å². The van der Waals surface area contributed by atoms with E-state index in [1.165, 1.54) is 0 Å². The Bertz CT molecular complexity index is 749. The molecule has 0 saturated heterocycles. The topological polar surface area (TPSA) is 79.9 Å². The molecule has 1 N–H and O–H groups in total. The van der Waals surface area contributed by atoms with Gasteiger partial charge in [-0.25, -0.2) is 4.68 Å². The van der Waals surface area contributed by atoms with Gasteiger partial charge in [0, 0.05) is 6.07 Å². The third-order valence-electron chi connectivity index (χ3n) is 3.33. The summed E-state index contributed by atoms with van der Waals surface area (Å²) < 4.78 is 7.01. The molecule has 1 amide bonds. The molecule has 0 spiro atoms. The van der Waals surface area contributed by atoms with E-state index in [1.807, 2.05) is 56.6 Å². The van der Waals surface area contributed by atoms with E-state index in [0.29, 0.717) is 11.6 Å². The van der Waals surface area contributed by atoms with Gasteiger partial charge in [0.2, 0.25) is 5.91 Å². The van der Waals surface area contributed by atoms with Crippen LogP contribution in [0.4, 0.5) is 5.82 Å². The van der Waals surface area contributed by atoms with E-state index in [9.17, 15) is 4.79 Å². The summed E-state index contributed by atoms with van der Waals surface area (Å²) in [5.74, 6) is 1.20. The number of aromatic nitrogens is 2. The predicted molar refractivity (Wildman–Crippen MR) is 91.8 cm³/mol. The van der Waals surface area contributed by atoms with E-state index >= 15 is 0 Å². The lowest BCUT2D eigenvalue weighted by Gasteiger charge is -2.22. The highest BCUT2D eigenvalue weighted by Crippen LogP contribution is 2.21. The average Bonchev–Trinajstić information content (AvgIpc) is 2.87. The first-order chi connectivity index (χ1) is 11.3. The van der Waals surface area contributed by atoms with Crippen LogP contribution in [-0.4, -0.2) is 22.3 Å². The Kier molecular flexibility index (Phi) is 5.24. The third kappa shape index (κ3) is 4.59. The SMILES string of the molecule is Cc1cc(NC(=O)Cc2ccc(OCC#N)cc2)n(C(C)(C)C)n1. The number of carbonyl (C=O) groups excluding carboxylic acids is 1. The zero-order chi connectivity index (χ0) is 17.7. The number of hydrogen-bond donors (Lipinski definition) is 1. The maximum Gasteiger partial charge on any atom is 0.229 e. The number of amides is 1. The summed E-state index contributed by atoms with van der Waals surface area (Å²) in [5.41, 5.74) is 1.52. The Balaban J connectivity index is 2.03. The minimum absolute atomic E-state index is 0.00990. The highest BCUT2D eigenvalue weighted by Gasteiger charge is 2.20. The number of rotatable bonds is 5. The summed E-state index contributed by atoms with van der Waals surface area (Å²) >= 11 is 0. The zero-order valence-electron chi connectivity index (χ0n) is 14.5. The van der Waals surface area contributed by atoms with Gasteiger partial charge >= 0.3 is 0 Å². The molecule has 6 nitrogen and oxygen atoms in total. The van der Waals surface area contributed by atoms with Crippen LogP contribution in [0.25, 0.3) is 0 Å². The van der Waals surface area contributed by atoms with Gasteiger partial charge in [-0.1, -0.05) is 12.1 Å². The van der Waals surface area contributed by atoms with Crippen molar-refractivity contribution in [2.24, 2.45) is 0 Å². The fourth-order valence-corrected chi connectivity index (χ4v) is 2.29. The van der Waals surface area contributed by atoms with Crippen LogP contribution >= 0.6 is 0 Å². The first kappa shape index (κ1) is 17.5. The monoisotopic (exact) mass is 326 g/mol. The second kappa shape index (κ2) is 7.18. The highest BCUT2D eigenvalue weighted by molar-refractivity contribution is 5.91. The second-order valence-electron chi connectivity index (χ2n) is 6.57. The van der Waals surface area contributed by atoms with Gasteiger partial charge in [0.05, 0.1) is 17.7 Å². The van der Waals surface area contributed by atoms with Crippen molar-refractivity contribution >= 4 is 11.7 Å². The molecule has 0 radical (unpaired) electrons. The lowest BCUT2D eigenvalue weighted by atomic mass is 10.1. The van der Waals surface area contributed by atoms with Gasteiger partial charge in [0.25, 0.3) is 0 Å². The van der Waals surface area contributed by atoms with Gasteiger partial charge in [0.15, 0.2) is 6.61 Å². The fourth-order valence-electron chi connectivity index (χ4n) is 2.29. The number of hydrogen-bond acceptors (Lipinski definition) is 4. The van der Waals surface area contributed by atoms with Crippen LogP contribution in [0.15, 0.2) is 30.3 Å². The maximum atomic E-state index is 12.3. The number of nitriles is 1. The van der Waals surface area contributed by atoms with Crippen LogP contribution in [0.3, 0.4) is 0 Å². The predicted octanol–water partition coefficient (Wildman–Crippen LogP) is 3.03. The standard InChI is InChI=1S/C18H22N4O2/c1-13-11-16(22(21-13)18(2,3)4)20-17(23)12-14-5-7-15(8-6-14)24-10-9-19/h5-8,11H,10,12H2,1-4H3,(H,20,23). The van der Waals surface area contributed by atoms with E-state index < -0.39 is 0 Å². The lowest BCUT2D eigenvalue weighted by molar-refractivity contribution is -0.115. The zero-order valence-corrected chi connectivity index (χ0v) is 14.5. The molecular formula is C18H22N4O2. The molecular weight excluding hydrogens is 304 g/mol. The average molecular weight is 326 g/mol. The molecule has 0 unspecified atom stereocenters. The molecule has 6 heteroatoms. The molecule has 126 valence electrons. The lowest BCUT2D eigenvalue weighted by Crippen LogP contribution is -2.27. The van der Waals surface area contributed by atoms with Crippen LogP contribution in [0.2, 0.25) is 0 Å². The Morgan fingerprint density at radius 2 is 2.00 bits per heavy atom. The number of benzene rings is 1. The molecule has 1 aromatic carbocycles. The van der Waals surface area contributed by atoms with Crippen molar-refractivity contribution in [1.29, 1.82) is 5.26 Å². The van der Waals surface area contributed by atoms with E-state index in [2.05, 4.69) is 10.4 Å². The Labute approximate surface area is 142 Å². The van der Waals surface area contributed by atoms with Gasteiger partial charge in [-0.3, -0.25) is 4.79 Å². The van der Waals surface area contributed by atoms with Crippen molar-refractivity contribution in [3.8, 4) is 11.8 Å². The van der Waals surface area contributed by atoms with E-state index in [0.717, 1.165) is 11.3 Å². The third-order valence-corrected chi connectivity index (χ3v) is 3.33. The number of nitrogens with zero attached hydrogens (tertiary/aromatic N) is 3.